The molecule has 0 bridgehead atoms. The van der Waals surface area contributed by atoms with Crippen LogP contribution in [-0.2, 0) is 14.9 Å². The number of ether oxygens (including phenoxy) is 2. The maximum absolute atomic E-state index is 11.9. The van der Waals surface area contributed by atoms with Gasteiger partial charge in [0.25, 0.3) is 0 Å². The Morgan fingerprint density at radius 2 is 2.35 bits per heavy atom. The molecular weight excluding hydrogens is 258 g/mol. The molecule has 1 aromatic carbocycles. The number of methoxy groups -OCH3 is 1. The number of carboxylic acid groups (broad SMARTS) is 1. The molecule has 1 fully saturated rings. The fourth-order valence-electron chi connectivity index (χ4n) is 2.91. The van der Waals surface area contributed by atoms with E-state index < -0.39 is 11.4 Å². The number of anilines is 1. The van der Waals surface area contributed by atoms with Crippen LogP contribution >= 0.6 is 0 Å². The van der Waals surface area contributed by atoms with Crippen molar-refractivity contribution in [3.05, 3.63) is 23.8 Å². The van der Waals surface area contributed by atoms with Crippen LogP contribution in [0.15, 0.2) is 18.2 Å². The lowest BCUT2D eigenvalue weighted by Crippen LogP contribution is -2.45. The van der Waals surface area contributed by atoms with Gasteiger partial charge in [0.1, 0.15) is 5.75 Å². The average Bonchev–Trinajstić information content (AvgIpc) is 2.47. The van der Waals surface area contributed by atoms with Gasteiger partial charge in [0, 0.05) is 6.61 Å². The molecule has 0 aliphatic carbocycles. The second-order valence-corrected chi connectivity index (χ2v) is 5.16. The van der Waals surface area contributed by atoms with Crippen molar-refractivity contribution < 1.29 is 19.4 Å². The van der Waals surface area contributed by atoms with E-state index in [0.717, 1.165) is 6.42 Å². The zero-order valence-electron chi connectivity index (χ0n) is 11.9. The molecule has 5 nitrogen and oxygen atoms in total. The van der Waals surface area contributed by atoms with Crippen molar-refractivity contribution in [1.82, 2.24) is 0 Å². The Hall–Kier alpha value is -1.75. The van der Waals surface area contributed by atoms with Crippen LogP contribution in [0.25, 0.3) is 0 Å². The third-order valence-electron chi connectivity index (χ3n) is 4.12. The molecule has 110 valence electrons. The lowest BCUT2D eigenvalue weighted by atomic mass is 9.71. The van der Waals surface area contributed by atoms with E-state index in [4.69, 9.17) is 15.2 Å². The van der Waals surface area contributed by atoms with Gasteiger partial charge in [-0.15, -0.1) is 0 Å². The van der Waals surface area contributed by atoms with Crippen molar-refractivity contribution in [2.24, 2.45) is 0 Å². The largest absolute Gasteiger partial charge is 0.495 e. The van der Waals surface area contributed by atoms with Crippen LogP contribution in [0.5, 0.6) is 5.75 Å². The van der Waals surface area contributed by atoms with Crippen LogP contribution in [0.3, 0.4) is 0 Å². The van der Waals surface area contributed by atoms with Crippen molar-refractivity contribution in [1.29, 1.82) is 0 Å². The van der Waals surface area contributed by atoms with E-state index in [0.29, 0.717) is 36.4 Å². The summed E-state index contributed by atoms with van der Waals surface area (Å²) in [6, 6.07) is 5.31. The van der Waals surface area contributed by atoms with Crippen molar-refractivity contribution in [2.75, 3.05) is 19.5 Å². The number of hydrogen-bond donors (Lipinski definition) is 2. The third-order valence-corrected chi connectivity index (χ3v) is 4.12. The molecule has 2 unspecified atom stereocenters. The highest BCUT2D eigenvalue weighted by molar-refractivity contribution is 5.85. The second-order valence-electron chi connectivity index (χ2n) is 5.16. The van der Waals surface area contributed by atoms with Crippen LogP contribution in [0, 0.1) is 0 Å². The molecule has 0 spiro atoms. The molecule has 0 radical (unpaired) electrons. The van der Waals surface area contributed by atoms with E-state index >= 15 is 0 Å². The topological polar surface area (TPSA) is 81.8 Å². The van der Waals surface area contributed by atoms with Gasteiger partial charge in [-0.1, -0.05) is 19.1 Å². The lowest BCUT2D eigenvalue weighted by molar-refractivity contribution is -0.150. The quantitative estimate of drug-likeness (QED) is 0.826. The van der Waals surface area contributed by atoms with Crippen LogP contribution in [0.1, 0.15) is 31.7 Å². The number of rotatable bonds is 4. The number of carbonyl (C=O) groups is 1. The summed E-state index contributed by atoms with van der Waals surface area (Å²) in [7, 11) is 1.53. The summed E-state index contributed by atoms with van der Waals surface area (Å²) in [4.78, 5) is 11.9. The van der Waals surface area contributed by atoms with Gasteiger partial charge in [-0.25, -0.2) is 0 Å². The number of para-hydroxylation sites is 1. The Labute approximate surface area is 118 Å². The standard InChI is InChI=1S/C15H21NO4/c1-3-10-9-15(14(17)18,7-8-20-10)11-5-4-6-12(19-2)13(11)16/h4-6,10H,3,7-9,16H2,1-2H3,(H,17,18). The van der Waals surface area contributed by atoms with Crippen LogP contribution in [0.2, 0.25) is 0 Å². The van der Waals surface area contributed by atoms with Gasteiger partial charge in [0.05, 0.1) is 24.3 Å². The number of hydrogen-bond acceptors (Lipinski definition) is 4. The van der Waals surface area contributed by atoms with Gasteiger partial charge in [-0.05, 0) is 30.9 Å². The number of benzene rings is 1. The van der Waals surface area contributed by atoms with Crippen LogP contribution < -0.4 is 10.5 Å². The number of aliphatic carboxylic acids is 1. The van der Waals surface area contributed by atoms with E-state index in [2.05, 4.69) is 0 Å². The smallest absolute Gasteiger partial charge is 0.314 e. The molecule has 1 aliphatic rings. The number of nitrogens with two attached hydrogens (primary N) is 1. The molecule has 0 saturated carbocycles. The highest BCUT2D eigenvalue weighted by atomic mass is 16.5. The Balaban J connectivity index is 2.51. The summed E-state index contributed by atoms with van der Waals surface area (Å²) in [6.45, 7) is 2.43. The van der Waals surface area contributed by atoms with Crippen molar-refractivity contribution in [2.45, 2.75) is 37.7 Å². The molecule has 1 heterocycles. The highest BCUT2D eigenvalue weighted by Gasteiger charge is 2.46. The van der Waals surface area contributed by atoms with E-state index in [9.17, 15) is 9.90 Å². The monoisotopic (exact) mass is 279 g/mol. The van der Waals surface area contributed by atoms with Crippen molar-refractivity contribution in [3.8, 4) is 5.75 Å². The van der Waals surface area contributed by atoms with Gasteiger partial charge in [0.15, 0.2) is 0 Å². The molecule has 2 atom stereocenters. The Bertz CT molecular complexity index is 503. The Morgan fingerprint density at radius 3 is 2.95 bits per heavy atom. The summed E-state index contributed by atoms with van der Waals surface area (Å²) in [5, 5.41) is 9.79. The van der Waals surface area contributed by atoms with E-state index in [1.54, 1.807) is 18.2 Å². The lowest BCUT2D eigenvalue weighted by Gasteiger charge is -2.38. The zero-order valence-corrected chi connectivity index (χ0v) is 11.9. The fourth-order valence-corrected chi connectivity index (χ4v) is 2.91. The Morgan fingerprint density at radius 1 is 1.60 bits per heavy atom. The summed E-state index contributed by atoms with van der Waals surface area (Å²) < 4.78 is 10.8. The summed E-state index contributed by atoms with van der Waals surface area (Å²) in [5.74, 6) is -0.332. The van der Waals surface area contributed by atoms with Gasteiger partial charge in [-0.2, -0.15) is 0 Å². The van der Waals surface area contributed by atoms with Crippen LogP contribution in [-0.4, -0.2) is 30.9 Å². The first-order chi connectivity index (χ1) is 9.55. The van der Waals surface area contributed by atoms with Crippen LogP contribution in [0.4, 0.5) is 5.69 Å². The van der Waals surface area contributed by atoms with E-state index in [1.165, 1.54) is 7.11 Å². The van der Waals surface area contributed by atoms with Gasteiger partial charge < -0.3 is 20.3 Å². The summed E-state index contributed by atoms with van der Waals surface area (Å²) in [6.07, 6.45) is 1.61. The zero-order chi connectivity index (χ0) is 14.8. The van der Waals surface area contributed by atoms with Gasteiger partial charge in [0.2, 0.25) is 0 Å². The van der Waals surface area contributed by atoms with E-state index in [-0.39, 0.29) is 6.10 Å². The van der Waals surface area contributed by atoms with E-state index in [1.807, 2.05) is 6.92 Å². The van der Waals surface area contributed by atoms with Crippen molar-refractivity contribution in [3.63, 3.8) is 0 Å². The molecular formula is C15H21NO4. The van der Waals surface area contributed by atoms with Gasteiger partial charge in [-0.3, -0.25) is 4.79 Å². The number of carboxylic acids is 1. The molecule has 1 saturated heterocycles. The molecule has 1 aliphatic heterocycles. The SMILES string of the molecule is CCC1CC(C(=O)O)(c2cccc(OC)c2N)CCO1. The minimum Gasteiger partial charge on any atom is -0.495 e. The first-order valence-electron chi connectivity index (χ1n) is 6.83. The Kier molecular flexibility index (Phi) is 4.18. The molecule has 3 N–H and O–H groups in total. The van der Waals surface area contributed by atoms with Crippen molar-refractivity contribution >= 4 is 11.7 Å². The molecule has 5 heteroatoms. The maximum Gasteiger partial charge on any atom is 0.314 e. The first kappa shape index (κ1) is 14.7. The molecule has 0 amide bonds. The molecule has 1 aromatic rings. The predicted molar refractivity (Wildman–Crippen MR) is 76.0 cm³/mol. The average molecular weight is 279 g/mol. The predicted octanol–water partition coefficient (Wildman–Crippen LogP) is 2.19. The minimum absolute atomic E-state index is 0.0505. The molecule has 2 rings (SSSR count). The molecule has 20 heavy (non-hydrogen) atoms. The second kappa shape index (κ2) is 5.71. The fraction of sp³-hybridized carbons (Fsp3) is 0.533. The first-order valence-corrected chi connectivity index (χ1v) is 6.83. The summed E-state index contributed by atoms with van der Waals surface area (Å²) in [5.41, 5.74) is 6.16. The third kappa shape index (κ3) is 2.33. The highest BCUT2D eigenvalue weighted by Crippen LogP contribution is 2.43. The summed E-state index contributed by atoms with van der Waals surface area (Å²) >= 11 is 0. The minimum atomic E-state index is -0.989. The maximum atomic E-state index is 11.9. The number of nitrogen functional groups attached to an aromatic ring is 1. The molecule has 0 aromatic heterocycles. The normalized spacial score (nSPS) is 26.2. The van der Waals surface area contributed by atoms with Gasteiger partial charge >= 0.3 is 5.97 Å².